The summed E-state index contributed by atoms with van der Waals surface area (Å²) in [6.45, 7) is 1.72. The van der Waals surface area contributed by atoms with Crippen molar-refractivity contribution in [3.63, 3.8) is 0 Å². The number of nitrogens with zero attached hydrogens (tertiary/aromatic N) is 2. The van der Waals surface area contributed by atoms with Crippen molar-refractivity contribution in [1.82, 2.24) is 15.0 Å². The molecular formula is C10H9N3O2. The van der Waals surface area contributed by atoms with Gasteiger partial charge < -0.3 is 10.1 Å². The summed E-state index contributed by atoms with van der Waals surface area (Å²) in [5, 5.41) is 8.95. The molecule has 2 N–H and O–H groups in total. The SMILES string of the molecule is Cc1nc(-c2ccncc2)c(C(=O)O)[nH]1. The van der Waals surface area contributed by atoms with Crippen LogP contribution in [0.5, 0.6) is 0 Å². The van der Waals surface area contributed by atoms with Gasteiger partial charge in [-0.2, -0.15) is 0 Å². The van der Waals surface area contributed by atoms with Crippen molar-refractivity contribution in [3.8, 4) is 11.3 Å². The number of nitrogens with one attached hydrogen (secondary N) is 1. The molecule has 0 radical (unpaired) electrons. The number of carboxylic acid groups (broad SMARTS) is 1. The lowest BCUT2D eigenvalue weighted by Gasteiger charge is -1.96. The quantitative estimate of drug-likeness (QED) is 0.774. The van der Waals surface area contributed by atoms with Gasteiger partial charge in [-0.25, -0.2) is 9.78 Å². The molecule has 0 bridgehead atoms. The normalized spacial score (nSPS) is 10.2. The average Bonchev–Trinajstić information content (AvgIpc) is 2.62. The maximum atomic E-state index is 10.9. The highest BCUT2D eigenvalue weighted by Crippen LogP contribution is 2.20. The number of aryl methyl sites for hydroxylation is 1. The zero-order valence-electron chi connectivity index (χ0n) is 8.06. The summed E-state index contributed by atoms with van der Waals surface area (Å²) in [5.74, 6) is -0.429. The highest BCUT2D eigenvalue weighted by molar-refractivity contribution is 5.92. The largest absolute Gasteiger partial charge is 0.477 e. The molecule has 5 nitrogen and oxygen atoms in total. The molecule has 0 spiro atoms. The summed E-state index contributed by atoms with van der Waals surface area (Å²) < 4.78 is 0. The Labute approximate surface area is 85.8 Å². The molecule has 2 rings (SSSR count). The number of pyridine rings is 1. The third-order valence-electron chi connectivity index (χ3n) is 1.99. The predicted octanol–water partition coefficient (Wildman–Crippen LogP) is 1.48. The van der Waals surface area contributed by atoms with Crippen molar-refractivity contribution in [2.24, 2.45) is 0 Å². The number of aromatic nitrogens is 3. The zero-order valence-corrected chi connectivity index (χ0v) is 8.06. The summed E-state index contributed by atoms with van der Waals surface area (Å²) in [6.07, 6.45) is 3.20. The minimum atomic E-state index is -1.01. The maximum Gasteiger partial charge on any atom is 0.354 e. The van der Waals surface area contributed by atoms with E-state index in [4.69, 9.17) is 5.11 Å². The molecule has 0 aliphatic carbocycles. The molecule has 0 amide bonds. The standard InChI is InChI=1S/C10H9N3O2/c1-6-12-8(9(13-6)10(14)15)7-2-4-11-5-3-7/h2-5H,1H3,(H,12,13)(H,14,15). The zero-order chi connectivity index (χ0) is 10.8. The van der Waals surface area contributed by atoms with Crippen molar-refractivity contribution in [2.45, 2.75) is 6.92 Å². The number of carbonyl (C=O) groups is 1. The molecular weight excluding hydrogens is 194 g/mol. The number of hydrogen-bond donors (Lipinski definition) is 2. The second-order valence-corrected chi connectivity index (χ2v) is 3.09. The number of rotatable bonds is 2. The van der Waals surface area contributed by atoms with Gasteiger partial charge in [0.05, 0.1) is 0 Å². The van der Waals surface area contributed by atoms with Gasteiger partial charge in [-0.1, -0.05) is 0 Å². The van der Waals surface area contributed by atoms with E-state index in [0.717, 1.165) is 5.56 Å². The van der Waals surface area contributed by atoms with Gasteiger partial charge in [0.1, 0.15) is 11.5 Å². The average molecular weight is 203 g/mol. The fourth-order valence-corrected chi connectivity index (χ4v) is 1.37. The van der Waals surface area contributed by atoms with Gasteiger partial charge in [0, 0.05) is 18.0 Å². The van der Waals surface area contributed by atoms with Crippen LogP contribution in [0.15, 0.2) is 24.5 Å². The Morgan fingerprint density at radius 3 is 2.67 bits per heavy atom. The van der Waals surface area contributed by atoms with E-state index >= 15 is 0 Å². The van der Waals surface area contributed by atoms with Crippen LogP contribution < -0.4 is 0 Å². The fraction of sp³-hybridized carbons (Fsp3) is 0.100. The second kappa shape index (κ2) is 3.53. The van der Waals surface area contributed by atoms with Gasteiger partial charge in [0.2, 0.25) is 0 Å². The summed E-state index contributed by atoms with van der Waals surface area (Å²) in [6, 6.07) is 3.45. The number of hydrogen-bond acceptors (Lipinski definition) is 3. The van der Waals surface area contributed by atoms with Crippen LogP contribution in [0.25, 0.3) is 11.3 Å². The predicted molar refractivity (Wildman–Crippen MR) is 53.5 cm³/mol. The Hall–Kier alpha value is -2.17. The molecule has 0 aromatic carbocycles. The fourth-order valence-electron chi connectivity index (χ4n) is 1.37. The Balaban J connectivity index is 2.58. The second-order valence-electron chi connectivity index (χ2n) is 3.09. The van der Waals surface area contributed by atoms with Crippen LogP contribution in [-0.2, 0) is 0 Å². The van der Waals surface area contributed by atoms with Gasteiger partial charge in [-0.15, -0.1) is 0 Å². The Bertz CT molecular complexity index is 491. The number of imidazole rings is 1. The molecule has 2 aromatic heterocycles. The smallest absolute Gasteiger partial charge is 0.354 e. The molecule has 2 heterocycles. The lowest BCUT2D eigenvalue weighted by molar-refractivity contribution is 0.0692. The molecule has 0 saturated heterocycles. The molecule has 0 saturated carbocycles. The summed E-state index contributed by atoms with van der Waals surface area (Å²) in [7, 11) is 0. The molecule has 15 heavy (non-hydrogen) atoms. The Morgan fingerprint density at radius 2 is 2.07 bits per heavy atom. The molecule has 0 fully saturated rings. The van der Waals surface area contributed by atoms with Crippen molar-refractivity contribution in [1.29, 1.82) is 0 Å². The first kappa shape index (κ1) is 9.39. The van der Waals surface area contributed by atoms with Gasteiger partial charge in [-0.05, 0) is 19.1 Å². The van der Waals surface area contributed by atoms with E-state index in [9.17, 15) is 4.79 Å². The number of aromatic amines is 1. The Morgan fingerprint density at radius 1 is 1.40 bits per heavy atom. The third-order valence-corrected chi connectivity index (χ3v) is 1.99. The van der Waals surface area contributed by atoms with Crippen molar-refractivity contribution in [3.05, 3.63) is 36.0 Å². The topological polar surface area (TPSA) is 78.9 Å². The molecule has 0 aliphatic heterocycles. The first-order chi connectivity index (χ1) is 7.18. The summed E-state index contributed by atoms with van der Waals surface area (Å²) in [5.41, 5.74) is 1.30. The lowest BCUT2D eigenvalue weighted by atomic mass is 10.1. The van der Waals surface area contributed by atoms with Crippen LogP contribution in [0.3, 0.4) is 0 Å². The lowest BCUT2D eigenvalue weighted by Crippen LogP contribution is -1.99. The van der Waals surface area contributed by atoms with E-state index in [1.807, 2.05) is 0 Å². The van der Waals surface area contributed by atoms with Crippen LogP contribution in [0.2, 0.25) is 0 Å². The molecule has 0 atom stereocenters. The van der Waals surface area contributed by atoms with Crippen LogP contribution in [-0.4, -0.2) is 26.0 Å². The van der Waals surface area contributed by atoms with Crippen molar-refractivity contribution in [2.75, 3.05) is 0 Å². The van der Waals surface area contributed by atoms with Gasteiger partial charge in [0.25, 0.3) is 0 Å². The van der Waals surface area contributed by atoms with Gasteiger partial charge in [0.15, 0.2) is 5.69 Å². The highest BCUT2D eigenvalue weighted by atomic mass is 16.4. The summed E-state index contributed by atoms with van der Waals surface area (Å²) in [4.78, 5) is 21.6. The van der Waals surface area contributed by atoms with E-state index in [0.29, 0.717) is 11.5 Å². The van der Waals surface area contributed by atoms with Crippen LogP contribution >= 0.6 is 0 Å². The van der Waals surface area contributed by atoms with Crippen LogP contribution in [0, 0.1) is 6.92 Å². The highest BCUT2D eigenvalue weighted by Gasteiger charge is 2.15. The molecule has 0 unspecified atom stereocenters. The number of aromatic carboxylic acids is 1. The van der Waals surface area contributed by atoms with Crippen molar-refractivity contribution >= 4 is 5.97 Å². The van der Waals surface area contributed by atoms with Crippen molar-refractivity contribution < 1.29 is 9.90 Å². The number of carboxylic acids is 1. The van der Waals surface area contributed by atoms with E-state index in [1.165, 1.54) is 0 Å². The summed E-state index contributed by atoms with van der Waals surface area (Å²) >= 11 is 0. The van der Waals surface area contributed by atoms with E-state index in [-0.39, 0.29) is 5.69 Å². The minimum Gasteiger partial charge on any atom is -0.477 e. The van der Waals surface area contributed by atoms with E-state index in [2.05, 4.69) is 15.0 Å². The van der Waals surface area contributed by atoms with Crippen LogP contribution in [0.4, 0.5) is 0 Å². The molecule has 5 heteroatoms. The molecule has 0 aliphatic rings. The minimum absolute atomic E-state index is 0.110. The first-order valence-corrected chi connectivity index (χ1v) is 4.39. The number of H-pyrrole nitrogens is 1. The van der Waals surface area contributed by atoms with Gasteiger partial charge >= 0.3 is 5.97 Å². The molecule has 2 aromatic rings. The maximum absolute atomic E-state index is 10.9. The van der Waals surface area contributed by atoms with Gasteiger partial charge in [-0.3, -0.25) is 4.98 Å². The van der Waals surface area contributed by atoms with E-state index in [1.54, 1.807) is 31.5 Å². The third kappa shape index (κ3) is 1.71. The Kier molecular flexibility index (Phi) is 2.21. The monoisotopic (exact) mass is 203 g/mol. The molecule has 76 valence electrons. The van der Waals surface area contributed by atoms with Crippen LogP contribution in [0.1, 0.15) is 16.3 Å². The van der Waals surface area contributed by atoms with E-state index < -0.39 is 5.97 Å². The first-order valence-electron chi connectivity index (χ1n) is 4.39.